The van der Waals surface area contributed by atoms with Gasteiger partial charge < -0.3 is 0 Å². The molecule has 0 aromatic heterocycles. The highest BCUT2D eigenvalue weighted by Crippen LogP contribution is 2.57. The Morgan fingerprint density at radius 1 is 0.590 bits per heavy atom. The second-order valence-electron chi connectivity index (χ2n) is 11.9. The Bertz CT molecular complexity index is 1760. The van der Waals surface area contributed by atoms with Gasteiger partial charge in [0, 0.05) is 5.41 Å². The molecule has 7 rings (SSSR count). The number of hydrogen-bond donors (Lipinski definition) is 0. The van der Waals surface area contributed by atoms with E-state index in [4.69, 9.17) is 0 Å². The number of hydrogen-bond acceptors (Lipinski definition) is 0. The topological polar surface area (TPSA) is 0 Å². The third kappa shape index (κ3) is 4.31. The van der Waals surface area contributed by atoms with E-state index < -0.39 is 0 Å². The first-order valence-corrected chi connectivity index (χ1v) is 15.1. The lowest BCUT2D eigenvalue weighted by molar-refractivity contribution is 0.384. The van der Waals surface area contributed by atoms with E-state index in [1.54, 1.807) is 11.1 Å². The van der Waals surface area contributed by atoms with Crippen molar-refractivity contribution in [1.82, 2.24) is 0 Å². The van der Waals surface area contributed by atoms with Crippen LogP contribution in [0.1, 0.15) is 75.3 Å². The van der Waals surface area contributed by atoms with Crippen LogP contribution in [0.4, 0.5) is 0 Å². The molecule has 0 heteroatoms. The standard InChI is InChI=1S/C39H38/c1-28-24-31-16-8-7-14-29(31)17-13-19-37-35(25-28)36-27-34-32(21-20-30-15-9-10-18-33(30)34)26-38(36)39(37)22-11-5-3-2-4-6-12-23-39/h7-10,14-21,24-27H,1-6,11-13,22-23H2/b29-17-,31-24-,35-25-,37-19+. The Labute approximate surface area is 232 Å². The second kappa shape index (κ2) is 10.2. The van der Waals surface area contributed by atoms with Gasteiger partial charge in [-0.1, -0.05) is 124 Å². The Balaban J connectivity index is 1.51. The van der Waals surface area contributed by atoms with E-state index in [9.17, 15) is 0 Å². The van der Waals surface area contributed by atoms with E-state index in [1.807, 2.05) is 0 Å². The lowest BCUT2D eigenvalue weighted by Gasteiger charge is -2.34. The van der Waals surface area contributed by atoms with Gasteiger partial charge in [-0.3, -0.25) is 0 Å². The number of rotatable bonds is 0. The van der Waals surface area contributed by atoms with Gasteiger partial charge in [0.15, 0.2) is 0 Å². The van der Waals surface area contributed by atoms with Gasteiger partial charge in [-0.25, -0.2) is 0 Å². The summed E-state index contributed by atoms with van der Waals surface area (Å²) in [5.74, 6) is 0. The van der Waals surface area contributed by atoms with Crippen LogP contribution in [0.5, 0.6) is 0 Å². The molecule has 4 aromatic carbocycles. The fraction of sp³-hybridized carbons (Fsp3) is 0.282. The summed E-state index contributed by atoms with van der Waals surface area (Å²) >= 11 is 0. The summed E-state index contributed by atoms with van der Waals surface area (Å²) < 4.78 is 0. The van der Waals surface area contributed by atoms with Gasteiger partial charge in [0.25, 0.3) is 0 Å². The average Bonchev–Trinajstić information content (AvgIpc) is 3.20. The molecule has 3 aliphatic carbocycles. The lowest BCUT2D eigenvalue weighted by Crippen LogP contribution is -2.26. The van der Waals surface area contributed by atoms with Crippen molar-refractivity contribution in [2.75, 3.05) is 0 Å². The van der Waals surface area contributed by atoms with Crippen molar-refractivity contribution in [3.63, 3.8) is 0 Å². The Hall–Kier alpha value is -3.64. The van der Waals surface area contributed by atoms with E-state index in [2.05, 4.69) is 104 Å². The molecule has 1 saturated carbocycles. The Kier molecular flexibility index (Phi) is 6.36. The molecule has 0 radical (unpaired) electrons. The van der Waals surface area contributed by atoms with Gasteiger partial charge in [0.1, 0.15) is 0 Å². The second-order valence-corrected chi connectivity index (χ2v) is 11.9. The van der Waals surface area contributed by atoms with E-state index in [0.717, 1.165) is 12.0 Å². The number of allylic oxidation sites excluding steroid dienone is 5. The summed E-state index contributed by atoms with van der Waals surface area (Å²) in [6, 6.07) is 27.3. The SMILES string of the molecule is C=C1/C=c2/cccc/c2=C/C/C=C2\C(=C/1)c1cc3c(ccc4ccccc43)cc1C21CCCCCCCCC1. The van der Waals surface area contributed by atoms with Crippen LogP contribution in [-0.4, -0.2) is 0 Å². The molecule has 3 aliphatic rings. The quantitative estimate of drug-likeness (QED) is 0.208. The minimum atomic E-state index is 0.0885. The average molecular weight is 507 g/mol. The fourth-order valence-electron chi connectivity index (χ4n) is 7.64. The normalized spacial score (nSPS) is 23.6. The Morgan fingerprint density at radius 3 is 2.10 bits per heavy atom. The molecule has 0 saturated heterocycles. The van der Waals surface area contributed by atoms with Crippen molar-refractivity contribution >= 4 is 39.3 Å². The van der Waals surface area contributed by atoms with E-state index >= 15 is 0 Å². The van der Waals surface area contributed by atoms with Crippen LogP contribution < -0.4 is 10.4 Å². The molecule has 39 heavy (non-hydrogen) atoms. The molecule has 0 heterocycles. The van der Waals surface area contributed by atoms with Gasteiger partial charge >= 0.3 is 0 Å². The molecule has 1 fully saturated rings. The van der Waals surface area contributed by atoms with Crippen LogP contribution in [0.25, 0.3) is 39.3 Å². The van der Waals surface area contributed by atoms with Crippen LogP contribution in [0.3, 0.4) is 0 Å². The molecule has 0 unspecified atom stereocenters. The molecule has 1 spiro atoms. The van der Waals surface area contributed by atoms with Crippen LogP contribution in [0.15, 0.2) is 103 Å². The molecule has 194 valence electrons. The molecule has 0 nitrogen and oxygen atoms in total. The van der Waals surface area contributed by atoms with Crippen LogP contribution in [0.2, 0.25) is 0 Å². The minimum Gasteiger partial charge on any atom is -0.0917 e. The van der Waals surface area contributed by atoms with Crippen molar-refractivity contribution in [2.24, 2.45) is 0 Å². The summed E-state index contributed by atoms with van der Waals surface area (Å²) in [5.41, 5.74) is 7.14. The lowest BCUT2D eigenvalue weighted by atomic mass is 9.69. The maximum absolute atomic E-state index is 4.55. The van der Waals surface area contributed by atoms with Crippen LogP contribution in [0, 0.1) is 0 Å². The van der Waals surface area contributed by atoms with E-state index in [0.29, 0.717) is 0 Å². The smallest absolute Gasteiger partial charge is 0.0212 e. The van der Waals surface area contributed by atoms with Gasteiger partial charge in [0.2, 0.25) is 0 Å². The summed E-state index contributed by atoms with van der Waals surface area (Å²) in [5, 5.41) is 7.97. The van der Waals surface area contributed by atoms with E-state index in [-0.39, 0.29) is 5.41 Å². The van der Waals surface area contributed by atoms with Crippen molar-refractivity contribution < 1.29 is 0 Å². The highest BCUT2D eigenvalue weighted by atomic mass is 14.5. The highest BCUT2D eigenvalue weighted by molar-refractivity contribution is 6.10. The van der Waals surface area contributed by atoms with Gasteiger partial charge in [-0.2, -0.15) is 0 Å². The maximum Gasteiger partial charge on any atom is 0.0212 e. The molecule has 0 aliphatic heterocycles. The summed E-state index contributed by atoms with van der Waals surface area (Å²) in [4.78, 5) is 0. The van der Waals surface area contributed by atoms with Crippen molar-refractivity contribution in [1.29, 1.82) is 0 Å². The largest absolute Gasteiger partial charge is 0.0917 e. The molecule has 0 amide bonds. The number of fused-ring (bicyclic) bond motifs is 9. The maximum atomic E-state index is 4.55. The predicted molar refractivity (Wildman–Crippen MR) is 169 cm³/mol. The van der Waals surface area contributed by atoms with Crippen molar-refractivity contribution in [3.8, 4) is 0 Å². The van der Waals surface area contributed by atoms with Gasteiger partial charge in [-0.15, -0.1) is 0 Å². The first-order valence-electron chi connectivity index (χ1n) is 15.1. The van der Waals surface area contributed by atoms with Crippen molar-refractivity contribution in [3.05, 3.63) is 124 Å². The van der Waals surface area contributed by atoms with E-state index in [1.165, 1.54) is 101 Å². The molecule has 4 aromatic rings. The van der Waals surface area contributed by atoms with Crippen LogP contribution in [-0.2, 0) is 5.41 Å². The first-order chi connectivity index (χ1) is 19.2. The molecule has 0 bridgehead atoms. The Morgan fingerprint density at radius 2 is 1.28 bits per heavy atom. The molecule has 0 N–H and O–H groups in total. The van der Waals surface area contributed by atoms with Crippen molar-refractivity contribution in [2.45, 2.75) is 69.6 Å². The predicted octanol–water partition coefficient (Wildman–Crippen LogP) is 9.30. The first kappa shape index (κ1) is 24.4. The highest BCUT2D eigenvalue weighted by Gasteiger charge is 2.44. The third-order valence-corrected chi connectivity index (χ3v) is 9.53. The fourth-order valence-corrected chi connectivity index (χ4v) is 7.64. The number of benzene rings is 4. The zero-order chi connectivity index (χ0) is 26.2. The zero-order valence-corrected chi connectivity index (χ0v) is 23.0. The molecule has 0 atom stereocenters. The zero-order valence-electron chi connectivity index (χ0n) is 23.0. The monoisotopic (exact) mass is 506 g/mol. The molecular formula is C39H38. The van der Waals surface area contributed by atoms with Gasteiger partial charge in [0.05, 0.1) is 0 Å². The summed E-state index contributed by atoms with van der Waals surface area (Å²) in [6.07, 6.45) is 22.6. The summed E-state index contributed by atoms with van der Waals surface area (Å²) in [6.45, 7) is 4.55. The third-order valence-electron chi connectivity index (χ3n) is 9.53. The minimum absolute atomic E-state index is 0.0885. The summed E-state index contributed by atoms with van der Waals surface area (Å²) in [7, 11) is 0. The molecular weight excluding hydrogens is 468 g/mol. The van der Waals surface area contributed by atoms with Gasteiger partial charge in [-0.05, 0) is 103 Å². The van der Waals surface area contributed by atoms with Crippen LogP contribution >= 0.6 is 0 Å².